The van der Waals surface area contributed by atoms with Gasteiger partial charge < -0.3 is 10.4 Å². The number of nitrogens with one attached hydrogen (secondary N) is 1. The fraction of sp³-hybridized carbons (Fsp3) is 0.200. The molecule has 5 heteroatoms. The average Bonchev–Trinajstić information content (AvgIpc) is 2.86. The van der Waals surface area contributed by atoms with Crippen molar-refractivity contribution in [2.45, 2.75) is 19.3 Å². The highest BCUT2D eigenvalue weighted by atomic mass is 32.1. The molecule has 1 aliphatic heterocycles. The maximum Gasteiger partial charge on any atom is 0.225 e. The van der Waals surface area contributed by atoms with Gasteiger partial charge in [0.25, 0.3) is 0 Å². The van der Waals surface area contributed by atoms with E-state index in [9.17, 15) is 14.7 Å². The number of thiophene rings is 1. The van der Waals surface area contributed by atoms with Crippen molar-refractivity contribution < 1.29 is 14.7 Å². The van der Waals surface area contributed by atoms with Gasteiger partial charge in [0, 0.05) is 24.1 Å². The van der Waals surface area contributed by atoms with Gasteiger partial charge in [-0.05, 0) is 35.6 Å². The minimum absolute atomic E-state index is 0.0347. The summed E-state index contributed by atoms with van der Waals surface area (Å²) in [6.07, 6.45) is 0.353. The van der Waals surface area contributed by atoms with E-state index in [1.807, 2.05) is 17.5 Å². The molecule has 0 fully saturated rings. The van der Waals surface area contributed by atoms with Crippen LogP contribution in [0.15, 0.2) is 29.6 Å². The standard InChI is InChI=1S/C15H13NO3S/c1-8(17)14-4-9(7-20-14)12-6-15(19)16-13-5-10(18)2-3-11(12)13/h2-5,7,12,18H,6H2,1H3,(H,16,19). The molecule has 1 amide bonds. The lowest BCUT2D eigenvalue weighted by atomic mass is 9.86. The molecule has 0 saturated heterocycles. The smallest absolute Gasteiger partial charge is 0.225 e. The summed E-state index contributed by atoms with van der Waals surface area (Å²) >= 11 is 1.40. The molecule has 0 spiro atoms. The summed E-state index contributed by atoms with van der Waals surface area (Å²) in [4.78, 5) is 23.9. The van der Waals surface area contributed by atoms with Gasteiger partial charge in [0.1, 0.15) is 5.75 Å². The monoisotopic (exact) mass is 287 g/mol. The Morgan fingerprint density at radius 3 is 2.90 bits per heavy atom. The number of aromatic hydroxyl groups is 1. The van der Waals surface area contributed by atoms with E-state index in [1.165, 1.54) is 18.3 Å². The first-order valence-electron chi connectivity index (χ1n) is 6.26. The second kappa shape index (κ2) is 4.76. The van der Waals surface area contributed by atoms with Gasteiger partial charge in [-0.15, -0.1) is 11.3 Å². The van der Waals surface area contributed by atoms with Crippen LogP contribution in [0.1, 0.15) is 40.1 Å². The Kier molecular flexibility index (Phi) is 3.06. The largest absolute Gasteiger partial charge is 0.508 e. The van der Waals surface area contributed by atoms with E-state index in [-0.39, 0.29) is 23.4 Å². The van der Waals surface area contributed by atoms with Crippen molar-refractivity contribution >= 4 is 28.7 Å². The van der Waals surface area contributed by atoms with Crippen LogP contribution in [0.4, 0.5) is 5.69 Å². The van der Waals surface area contributed by atoms with Crippen molar-refractivity contribution in [1.82, 2.24) is 0 Å². The third-order valence-electron chi connectivity index (χ3n) is 3.44. The van der Waals surface area contributed by atoms with Crippen LogP contribution in [0, 0.1) is 0 Å². The summed E-state index contributed by atoms with van der Waals surface area (Å²) in [7, 11) is 0. The zero-order chi connectivity index (χ0) is 14.3. The molecule has 0 saturated carbocycles. The molecule has 1 aliphatic rings. The molecule has 102 valence electrons. The molecule has 0 aliphatic carbocycles. The fourth-order valence-corrected chi connectivity index (χ4v) is 3.33. The van der Waals surface area contributed by atoms with Crippen LogP contribution in [0.25, 0.3) is 0 Å². The molecule has 0 radical (unpaired) electrons. The highest BCUT2D eigenvalue weighted by Crippen LogP contribution is 2.39. The number of fused-ring (bicyclic) bond motifs is 1. The second-order valence-electron chi connectivity index (χ2n) is 4.88. The predicted octanol–water partition coefficient (Wildman–Crippen LogP) is 3.13. The molecule has 2 N–H and O–H groups in total. The maximum absolute atomic E-state index is 11.8. The van der Waals surface area contributed by atoms with Gasteiger partial charge in [0.2, 0.25) is 5.91 Å². The highest BCUT2D eigenvalue weighted by Gasteiger charge is 2.27. The van der Waals surface area contributed by atoms with Gasteiger partial charge in [-0.3, -0.25) is 9.59 Å². The van der Waals surface area contributed by atoms with Gasteiger partial charge in [0.15, 0.2) is 5.78 Å². The summed E-state index contributed by atoms with van der Waals surface area (Å²) in [6.45, 7) is 1.54. The molecule has 2 aromatic rings. The molecular weight excluding hydrogens is 274 g/mol. The molecule has 1 aromatic carbocycles. The third-order valence-corrected chi connectivity index (χ3v) is 4.49. The van der Waals surface area contributed by atoms with Crippen LogP contribution in [0.2, 0.25) is 0 Å². The number of anilines is 1. The molecule has 1 aromatic heterocycles. The zero-order valence-electron chi connectivity index (χ0n) is 10.8. The Morgan fingerprint density at radius 2 is 2.20 bits per heavy atom. The number of ketones is 1. The molecule has 3 rings (SSSR count). The van der Waals surface area contributed by atoms with E-state index in [1.54, 1.807) is 12.1 Å². The summed E-state index contributed by atoms with van der Waals surface area (Å²) in [5, 5.41) is 14.2. The topological polar surface area (TPSA) is 66.4 Å². The minimum Gasteiger partial charge on any atom is -0.508 e. The summed E-state index contributed by atoms with van der Waals surface area (Å²) in [5.41, 5.74) is 2.58. The SMILES string of the molecule is CC(=O)c1cc(C2CC(=O)Nc3cc(O)ccc32)cs1. The van der Waals surface area contributed by atoms with Crippen LogP contribution in [-0.2, 0) is 4.79 Å². The molecule has 1 atom stereocenters. The quantitative estimate of drug-likeness (QED) is 0.834. The maximum atomic E-state index is 11.8. The summed E-state index contributed by atoms with van der Waals surface area (Å²) in [6, 6.07) is 6.84. The van der Waals surface area contributed by atoms with Crippen LogP contribution < -0.4 is 5.32 Å². The lowest BCUT2D eigenvalue weighted by Crippen LogP contribution is -2.23. The second-order valence-corrected chi connectivity index (χ2v) is 5.79. The molecule has 4 nitrogen and oxygen atoms in total. The highest BCUT2D eigenvalue weighted by molar-refractivity contribution is 7.12. The Balaban J connectivity index is 2.05. The molecule has 2 heterocycles. The first-order valence-corrected chi connectivity index (χ1v) is 7.14. The number of carbonyl (C=O) groups is 2. The van der Waals surface area contributed by atoms with Crippen molar-refractivity contribution in [2.24, 2.45) is 0 Å². The first kappa shape index (κ1) is 12.9. The third kappa shape index (κ3) is 2.20. The Morgan fingerprint density at radius 1 is 1.40 bits per heavy atom. The lowest BCUT2D eigenvalue weighted by Gasteiger charge is -2.25. The van der Waals surface area contributed by atoms with Gasteiger partial charge in [0.05, 0.1) is 4.88 Å². The molecule has 20 heavy (non-hydrogen) atoms. The van der Waals surface area contributed by atoms with Crippen LogP contribution in [0.5, 0.6) is 5.75 Å². The predicted molar refractivity (Wildman–Crippen MR) is 77.5 cm³/mol. The van der Waals surface area contributed by atoms with Gasteiger partial charge >= 0.3 is 0 Å². The van der Waals surface area contributed by atoms with Crippen LogP contribution >= 0.6 is 11.3 Å². The molecule has 0 bridgehead atoms. The average molecular weight is 287 g/mol. The number of phenols is 1. The summed E-state index contributed by atoms with van der Waals surface area (Å²) in [5.74, 6) is 0.0132. The Hall–Kier alpha value is -2.14. The number of hydrogen-bond donors (Lipinski definition) is 2. The number of hydrogen-bond acceptors (Lipinski definition) is 4. The van der Waals surface area contributed by atoms with Gasteiger partial charge in [-0.25, -0.2) is 0 Å². The summed E-state index contributed by atoms with van der Waals surface area (Å²) < 4.78 is 0. The van der Waals surface area contributed by atoms with Crippen LogP contribution in [-0.4, -0.2) is 16.8 Å². The van der Waals surface area contributed by atoms with Crippen molar-refractivity contribution in [3.8, 4) is 5.75 Å². The van der Waals surface area contributed by atoms with E-state index in [2.05, 4.69) is 5.32 Å². The molecule has 1 unspecified atom stereocenters. The lowest BCUT2D eigenvalue weighted by molar-refractivity contribution is -0.116. The normalized spacial score (nSPS) is 17.4. The minimum atomic E-state index is -0.0799. The number of amides is 1. The van der Waals surface area contributed by atoms with E-state index in [4.69, 9.17) is 0 Å². The number of phenolic OH excluding ortho intramolecular Hbond substituents is 1. The van der Waals surface area contributed by atoms with E-state index < -0.39 is 0 Å². The van der Waals surface area contributed by atoms with Crippen molar-refractivity contribution in [3.05, 3.63) is 45.6 Å². The van der Waals surface area contributed by atoms with Crippen molar-refractivity contribution in [1.29, 1.82) is 0 Å². The van der Waals surface area contributed by atoms with E-state index in [0.29, 0.717) is 17.0 Å². The zero-order valence-corrected chi connectivity index (χ0v) is 11.7. The van der Waals surface area contributed by atoms with Crippen molar-refractivity contribution in [3.63, 3.8) is 0 Å². The number of carbonyl (C=O) groups excluding carboxylic acids is 2. The number of Topliss-reactive ketones (excluding diaryl/α,β-unsaturated/α-hetero) is 1. The first-order chi connectivity index (χ1) is 9.54. The fourth-order valence-electron chi connectivity index (χ4n) is 2.47. The van der Waals surface area contributed by atoms with Crippen molar-refractivity contribution in [2.75, 3.05) is 5.32 Å². The molecular formula is C15H13NO3S. The Bertz CT molecular complexity index is 705. The number of rotatable bonds is 2. The number of benzene rings is 1. The van der Waals surface area contributed by atoms with E-state index >= 15 is 0 Å². The Labute approximate surface area is 120 Å². The van der Waals surface area contributed by atoms with Gasteiger partial charge in [-0.2, -0.15) is 0 Å². The van der Waals surface area contributed by atoms with E-state index in [0.717, 1.165) is 11.1 Å². The van der Waals surface area contributed by atoms with Gasteiger partial charge in [-0.1, -0.05) is 6.07 Å². The van der Waals surface area contributed by atoms with Crippen LogP contribution in [0.3, 0.4) is 0 Å².